The van der Waals surface area contributed by atoms with Crippen molar-refractivity contribution in [3.63, 3.8) is 0 Å². The third-order valence-corrected chi connectivity index (χ3v) is 4.74. The minimum atomic E-state index is -0.373. The van der Waals surface area contributed by atoms with E-state index in [2.05, 4.69) is 12.2 Å². The summed E-state index contributed by atoms with van der Waals surface area (Å²) in [5, 5.41) is 2.73. The predicted molar refractivity (Wildman–Crippen MR) is 111 cm³/mol. The highest BCUT2D eigenvalue weighted by molar-refractivity contribution is 6.04. The van der Waals surface area contributed by atoms with E-state index in [0.29, 0.717) is 61.3 Å². The second-order valence-corrected chi connectivity index (χ2v) is 6.79. The summed E-state index contributed by atoms with van der Waals surface area (Å²) in [7, 11) is 1.53. The fourth-order valence-electron chi connectivity index (χ4n) is 3.10. The number of anilines is 2. The summed E-state index contributed by atoms with van der Waals surface area (Å²) in [4.78, 5) is 14.5. The number of nitrogens with zero attached hydrogens (tertiary/aromatic N) is 1. The number of halogens is 1. The Balaban J connectivity index is 1.68. The summed E-state index contributed by atoms with van der Waals surface area (Å²) in [6, 6.07) is 9.72. The summed E-state index contributed by atoms with van der Waals surface area (Å²) >= 11 is 0. The van der Waals surface area contributed by atoms with E-state index >= 15 is 0 Å². The number of hydrogen-bond donors (Lipinski definition) is 1. The maximum atomic E-state index is 14.5. The van der Waals surface area contributed by atoms with E-state index in [1.165, 1.54) is 13.2 Å². The van der Waals surface area contributed by atoms with Crippen LogP contribution in [0, 0.1) is 5.82 Å². The number of amides is 1. The summed E-state index contributed by atoms with van der Waals surface area (Å²) in [6.07, 6.45) is 1.97. The third-order valence-electron chi connectivity index (χ3n) is 4.74. The quantitative estimate of drug-likeness (QED) is 0.674. The second-order valence-electron chi connectivity index (χ2n) is 6.79. The van der Waals surface area contributed by atoms with Gasteiger partial charge in [-0.1, -0.05) is 13.3 Å². The van der Waals surface area contributed by atoms with Gasteiger partial charge in [0.1, 0.15) is 5.82 Å². The van der Waals surface area contributed by atoms with Crippen LogP contribution >= 0.6 is 0 Å². The number of ether oxygens (including phenoxy) is 3. The predicted octanol–water partition coefficient (Wildman–Crippen LogP) is 4.10. The van der Waals surface area contributed by atoms with Crippen LogP contribution in [0.3, 0.4) is 0 Å². The zero-order valence-electron chi connectivity index (χ0n) is 16.9. The van der Waals surface area contributed by atoms with Crippen LogP contribution in [-0.4, -0.2) is 45.9 Å². The van der Waals surface area contributed by atoms with Gasteiger partial charge in [0.2, 0.25) is 0 Å². The van der Waals surface area contributed by atoms with Crippen molar-refractivity contribution in [3.8, 4) is 11.5 Å². The van der Waals surface area contributed by atoms with Crippen LogP contribution in [0.5, 0.6) is 11.5 Å². The first-order valence-corrected chi connectivity index (χ1v) is 9.86. The Morgan fingerprint density at radius 3 is 2.66 bits per heavy atom. The van der Waals surface area contributed by atoms with Crippen LogP contribution in [0.1, 0.15) is 30.1 Å². The molecule has 0 radical (unpaired) electrons. The van der Waals surface area contributed by atoms with Crippen molar-refractivity contribution >= 4 is 17.3 Å². The molecule has 1 aliphatic rings. The van der Waals surface area contributed by atoms with Gasteiger partial charge in [-0.2, -0.15) is 0 Å². The highest BCUT2D eigenvalue weighted by Crippen LogP contribution is 2.29. The van der Waals surface area contributed by atoms with Crippen molar-refractivity contribution in [2.45, 2.75) is 19.8 Å². The molecule has 156 valence electrons. The summed E-state index contributed by atoms with van der Waals surface area (Å²) in [5.74, 6) is 0.366. The number of carbonyl (C=O) groups is 1. The molecule has 0 spiro atoms. The van der Waals surface area contributed by atoms with Gasteiger partial charge in [-0.3, -0.25) is 4.79 Å². The minimum absolute atomic E-state index is 0.345. The Kier molecular flexibility index (Phi) is 7.30. The van der Waals surface area contributed by atoms with E-state index < -0.39 is 0 Å². The Morgan fingerprint density at radius 2 is 1.97 bits per heavy atom. The van der Waals surface area contributed by atoms with Crippen LogP contribution in [-0.2, 0) is 4.74 Å². The highest BCUT2D eigenvalue weighted by Gasteiger charge is 2.17. The number of benzene rings is 2. The monoisotopic (exact) mass is 402 g/mol. The molecule has 6 nitrogen and oxygen atoms in total. The SMILES string of the molecule is CCCCOc1ccc(C(=O)Nc2ccc(N3CCOCC3)c(F)c2)cc1OC. The van der Waals surface area contributed by atoms with E-state index in [-0.39, 0.29) is 11.7 Å². The first kappa shape index (κ1) is 20.9. The van der Waals surface area contributed by atoms with Gasteiger partial charge in [0.25, 0.3) is 5.91 Å². The molecular formula is C22H27FN2O4. The number of rotatable bonds is 8. The van der Waals surface area contributed by atoms with E-state index in [1.54, 1.807) is 30.3 Å². The molecular weight excluding hydrogens is 375 g/mol. The molecule has 2 aromatic carbocycles. The van der Waals surface area contributed by atoms with Gasteiger partial charge in [0.15, 0.2) is 11.5 Å². The molecule has 0 bridgehead atoms. The molecule has 0 aliphatic carbocycles. The van der Waals surface area contributed by atoms with Crippen molar-refractivity contribution in [1.29, 1.82) is 0 Å². The number of hydrogen-bond acceptors (Lipinski definition) is 5. The number of nitrogens with one attached hydrogen (secondary N) is 1. The molecule has 0 atom stereocenters. The lowest BCUT2D eigenvalue weighted by Crippen LogP contribution is -2.36. The zero-order valence-corrected chi connectivity index (χ0v) is 16.9. The van der Waals surface area contributed by atoms with E-state index in [1.807, 2.05) is 4.90 Å². The van der Waals surface area contributed by atoms with Crippen LogP contribution in [0.4, 0.5) is 15.8 Å². The first-order chi connectivity index (χ1) is 14.1. The lowest BCUT2D eigenvalue weighted by molar-refractivity contribution is 0.102. The minimum Gasteiger partial charge on any atom is -0.493 e. The van der Waals surface area contributed by atoms with Crippen LogP contribution in [0.25, 0.3) is 0 Å². The first-order valence-electron chi connectivity index (χ1n) is 9.86. The van der Waals surface area contributed by atoms with Crippen LogP contribution < -0.4 is 19.7 Å². The van der Waals surface area contributed by atoms with E-state index in [9.17, 15) is 9.18 Å². The molecule has 2 aromatic rings. The molecule has 7 heteroatoms. The summed E-state index contributed by atoms with van der Waals surface area (Å²) in [6.45, 7) is 5.14. The number of unbranched alkanes of at least 4 members (excludes halogenated alkanes) is 1. The van der Waals surface area contributed by atoms with Gasteiger partial charge in [-0.05, 0) is 42.8 Å². The zero-order chi connectivity index (χ0) is 20.6. The van der Waals surface area contributed by atoms with Crippen LogP contribution in [0.15, 0.2) is 36.4 Å². The highest BCUT2D eigenvalue weighted by atomic mass is 19.1. The molecule has 1 N–H and O–H groups in total. The Hall–Kier alpha value is -2.80. The summed E-state index contributed by atoms with van der Waals surface area (Å²) in [5.41, 5.74) is 1.32. The molecule has 1 aliphatic heterocycles. The van der Waals surface area contributed by atoms with E-state index in [0.717, 1.165) is 12.8 Å². The normalized spacial score (nSPS) is 13.8. The van der Waals surface area contributed by atoms with Gasteiger partial charge in [-0.15, -0.1) is 0 Å². The van der Waals surface area contributed by atoms with Crippen LogP contribution in [0.2, 0.25) is 0 Å². The van der Waals surface area contributed by atoms with Crippen molar-refractivity contribution in [1.82, 2.24) is 0 Å². The second kappa shape index (κ2) is 10.1. The third kappa shape index (κ3) is 5.38. The molecule has 0 saturated carbocycles. The smallest absolute Gasteiger partial charge is 0.255 e. The largest absolute Gasteiger partial charge is 0.493 e. The molecule has 29 heavy (non-hydrogen) atoms. The topological polar surface area (TPSA) is 60.0 Å². The van der Waals surface area contributed by atoms with Crippen molar-refractivity contribution < 1.29 is 23.4 Å². The number of methoxy groups -OCH3 is 1. The van der Waals surface area contributed by atoms with Crippen molar-refractivity contribution in [3.05, 3.63) is 47.8 Å². The fraction of sp³-hybridized carbons (Fsp3) is 0.409. The van der Waals surface area contributed by atoms with Gasteiger partial charge < -0.3 is 24.4 Å². The molecule has 0 aromatic heterocycles. The van der Waals surface area contributed by atoms with Crippen molar-refractivity contribution in [2.75, 3.05) is 50.2 Å². The van der Waals surface area contributed by atoms with Crippen molar-refractivity contribution in [2.24, 2.45) is 0 Å². The molecule has 1 fully saturated rings. The van der Waals surface area contributed by atoms with Gasteiger partial charge >= 0.3 is 0 Å². The van der Waals surface area contributed by atoms with Gasteiger partial charge in [0.05, 0.1) is 32.6 Å². The Morgan fingerprint density at radius 1 is 1.17 bits per heavy atom. The van der Waals surface area contributed by atoms with Gasteiger partial charge in [-0.25, -0.2) is 4.39 Å². The molecule has 0 unspecified atom stereocenters. The summed E-state index contributed by atoms with van der Waals surface area (Å²) < 4.78 is 30.9. The number of carbonyl (C=O) groups excluding carboxylic acids is 1. The maximum absolute atomic E-state index is 14.5. The Labute approximate surface area is 170 Å². The molecule has 1 amide bonds. The van der Waals surface area contributed by atoms with Gasteiger partial charge in [0, 0.05) is 24.3 Å². The lowest BCUT2D eigenvalue weighted by atomic mass is 10.1. The lowest BCUT2D eigenvalue weighted by Gasteiger charge is -2.29. The fourth-order valence-corrected chi connectivity index (χ4v) is 3.10. The molecule has 1 heterocycles. The molecule has 3 rings (SSSR count). The average molecular weight is 402 g/mol. The Bertz CT molecular complexity index is 838. The number of morpholine rings is 1. The molecule has 1 saturated heterocycles. The maximum Gasteiger partial charge on any atom is 0.255 e. The average Bonchev–Trinajstić information content (AvgIpc) is 2.74. The van der Waals surface area contributed by atoms with E-state index in [4.69, 9.17) is 14.2 Å². The standard InChI is InChI=1S/C22H27FN2O4/c1-3-4-11-29-20-8-5-16(14-21(20)27-2)22(26)24-17-6-7-19(18(23)15-17)25-9-12-28-13-10-25/h5-8,14-15H,3-4,9-13H2,1-2H3,(H,24,26).